The van der Waals surface area contributed by atoms with E-state index in [1.165, 1.54) is 11.2 Å². The maximum absolute atomic E-state index is 14.4. The SMILES string of the molecule is CCc1coc2c(-c3ccc(OCc4cccc(C(=O)N5CCC[C@H]5C(=O)O)c4)cc3)cc(F)c(F)c12. The monoisotopic (exact) mass is 505 g/mol. The van der Waals surface area contributed by atoms with Gasteiger partial charge in [0.15, 0.2) is 11.6 Å². The van der Waals surface area contributed by atoms with Gasteiger partial charge in [0.1, 0.15) is 24.0 Å². The highest BCUT2D eigenvalue weighted by Gasteiger charge is 2.34. The second-order valence-corrected chi connectivity index (χ2v) is 9.05. The minimum Gasteiger partial charge on any atom is -0.489 e. The summed E-state index contributed by atoms with van der Waals surface area (Å²) in [5, 5.41) is 9.54. The number of nitrogens with zero attached hydrogens (tertiary/aromatic N) is 1. The van der Waals surface area contributed by atoms with Crippen molar-refractivity contribution in [3.63, 3.8) is 0 Å². The van der Waals surface area contributed by atoms with Gasteiger partial charge in [0.05, 0.1) is 11.6 Å². The molecule has 2 heterocycles. The van der Waals surface area contributed by atoms with Crippen molar-refractivity contribution >= 4 is 22.8 Å². The number of furan rings is 1. The van der Waals surface area contributed by atoms with Crippen molar-refractivity contribution in [2.75, 3.05) is 6.54 Å². The Morgan fingerprint density at radius 1 is 1.14 bits per heavy atom. The van der Waals surface area contributed by atoms with Crippen molar-refractivity contribution in [1.29, 1.82) is 0 Å². The molecule has 1 aliphatic rings. The molecule has 1 atom stereocenters. The molecule has 1 N–H and O–H groups in total. The van der Waals surface area contributed by atoms with Gasteiger partial charge in [-0.3, -0.25) is 4.79 Å². The molecule has 0 unspecified atom stereocenters. The molecule has 1 aliphatic heterocycles. The van der Waals surface area contributed by atoms with Crippen LogP contribution in [-0.2, 0) is 17.8 Å². The Bertz CT molecular complexity index is 1480. The van der Waals surface area contributed by atoms with E-state index in [1.807, 2.05) is 13.0 Å². The highest BCUT2D eigenvalue weighted by Crippen LogP contribution is 2.36. The molecule has 0 radical (unpaired) electrons. The molecule has 37 heavy (non-hydrogen) atoms. The van der Waals surface area contributed by atoms with E-state index < -0.39 is 23.6 Å². The third kappa shape index (κ3) is 4.67. The molecule has 8 heteroatoms. The van der Waals surface area contributed by atoms with Crippen molar-refractivity contribution in [2.24, 2.45) is 0 Å². The van der Waals surface area contributed by atoms with Crippen molar-refractivity contribution < 1.29 is 32.6 Å². The van der Waals surface area contributed by atoms with E-state index in [1.54, 1.807) is 42.5 Å². The Morgan fingerprint density at radius 3 is 2.65 bits per heavy atom. The van der Waals surface area contributed by atoms with E-state index in [9.17, 15) is 23.5 Å². The Morgan fingerprint density at radius 2 is 1.92 bits per heavy atom. The summed E-state index contributed by atoms with van der Waals surface area (Å²) in [5.74, 6) is -2.59. The lowest BCUT2D eigenvalue weighted by atomic mass is 10.0. The Kier molecular flexibility index (Phi) is 6.65. The van der Waals surface area contributed by atoms with E-state index >= 15 is 0 Å². The predicted octanol–water partition coefficient (Wildman–Crippen LogP) is 6.21. The summed E-state index contributed by atoms with van der Waals surface area (Å²) in [6, 6.07) is 14.2. The highest BCUT2D eigenvalue weighted by atomic mass is 19.2. The van der Waals surface area contributed by atoms with Gasteiger partial charge in [-0.15, -0.1) is 0 Å². The second-order valence-electron chi connectivity index (χ2n) is 9.05. The zero-order chi connectivity index (χ0) is 26.1. The molecule has 1 amide bonds. The Labute approximate surface area is 212 Å². The van der Waals surface area contributed by atoms with Crippen LogP contribution in [0, 0.1) is 11.6 Å². The number of likely N-dealkylation sites (tertiary alicyclic amines) is 1. The minimum atomic E-state index is -0.990. The molecule has 190 valence electrons. The molecule has 5 rings (SSSR count). The predicted molar refractivity (Wildman–Crippen MR) is 133 cm³/mol. The number of rotatable bonds is 7. The largest absolute Gasteiger partial charge is 0.489 e. The van der Waals surface area contributed by atoms with E-state index in [0.29, 0.717) is 59.4 Å². The first-order valence-corrected chi connectivity index (χ1v) is 12.1. The summed E-state index contributed by atoms with van der Waals surface area (Å²) in [4.78, 5) is 25.7. The third-order valence-corrected chi connectivity index (χ3v) is 6.74. The lowest BCUT2D eigenvalue weighted by Crippen LogP contribution is -2.40. The number of halogens is 2. The van der Waals surface area contributed by atoms with Crippen molar-refractivity contribution in [2.45, 2.75) is 38.8 Å². The summed E-state index contributed by atoms with van der Waals surface area (Å²) >= 11 is 0. The minimum absolute atomic E-state index is 0.163. The molecule has 1 aromatic heterocycles. The fourth-order valence-electron chi connectivity index (χ4n) is 4.81. The number of aliphatic carboxylic acids is 1. The van der Waals surface area contributed by atoms with Crippen LogP contribution in [0.15, 0.2) is 65.3 Å². The zero-order valence-corrected chi connectivity index (χ0v) is 20.2. The second kappa shape index (κ2) is 10.0. The van der Waals surface area contributed by atoms with Crippen molar-refractivity contribution in [3.05, 3.63) is 89.2 Å². The van der Waals surface area contributed by atoms with Gasteiger partial charge in [0.25, 0.3) is 5.91 Å². The van der Waals surface area contributed by atoms with Crippen LogP contribution in [-0.4, -0.2) is 34.5 Å². The Hall–Kier alpha value is -4.20. The van der Waals surface area contributed by atoms with Crippen molar-refractivity contribution in [1.82, 2.24) is 4.90 Å². The van der Waals surface area contributed by atoms with Crippen LogP contribution < -0.4 is 4.74 Å². The first-order chi connectivity index (χ1) is 17.9. The van der Waals surface area contributed by atoms with Crippen molar-refractivity contribution in [3.8, 4) is 16.9 Å². The number of hydrogen-bond acceptors (Lipinski definition) is 4. The zero-order valence-electron chi connectivity index (χ0n) is 20.2. The summed E-state index contributed by atoms with van der Waals surface area (Å²) in [6.07, 6.45) is 3.09. The van der Waals surface area contributed by atoms with Crippen LogP contribution >= 0.6 is 0 Å². The molecule has 6 nitrogen and oxygen atoms in total. The summed E-state index contributed by atoms with van der Waals surface area (Å²) in [6.45, 7) is 2.46. The van der Waals surface area contributed by atoms with Crippen LogP contribution in [0.2, 0.25) is 0 Å². The quantitative estimate of drug-likeness (QED) is 0.323. The fraction of sp³-hybridized carbons (Fsp3) is 0.241. The number of ether oxygens (including phenoxy) is 1. The van der Waals surface area contributed by atoms with Gasteiger partial charge in [-0.1, -0.05) is 31.2 Å². The van der Waals surface area contributed by atoms with E-state index in [-0.39, 0.29) is 17.9 Å². The van der Waals surface area contributed by atoms with Gasteiger partial charge < -0.3 is 19.2 Å². The number of carbonyl (C=O) groups is 2. The fourth-order valence-corrected chi connectivity index (χ4v) is 4.81. The van der Waals surface area contributed by atoms with Crippen LogP contribution in [0.4, 0.5) is 8.78 Å². The van der Waals surface area contributed by atoms with Crippen LogP contribution in [0.25, 0.3) is 22.1 Å². The van der Waals surface area contributed by atoms with E-state index in [4.69, 9.17) is 9.15 Å². The van der Waals surface area contributed by atoms with Gasteiger partial charge in [-0.25, -0.2) is 13.6 Å². The average molecular weight is 506 g/mol. The van der Waals surface area contributed by atoms with Gasteiger partial charge >= 0.3 is 5.97 Å². The first-order valence-electron chi connectivity index (χ1n) is 12.1. The number of amides is 1. The standard InChI is InChI=1S/C29H25F2NO5/c1-2-18-16-37-27-22(14-23(30)26(31)25(18)27)19-8-10-21(11-9-19)36-15-17-5-3-6-20(13-17)28(33)32-12-4-7-24(32)29(34)35/h3,5-6,8-11,13-14,16,24H,2,4,7,12,15H2,1H3,(H,34,35)/t24-/m0/s1. The lowest BCUT2D eigenvalue weighted by molar-refractivity contribution is -0.141. The molecule has 4 aromatic rings. The van der Waals surface area contributed by atoms with Crippen LogP contribution in [0.3, 0.4) is 0 Å². The number of aryl methyl sites for hydroxylation is 1. The van der Waals surface area contributed by atoms with Gasteiger partial charge in [-0.05, 0) is 60.7 Å². The smallest absolute Gasteiger partial charge is 0.326 e. The van der Waals surface area contributed by atoms with Crippen LogP contribution in [0.1, 0.15) is 41.3 Å². The average Bonchev–Trinajstić information content (AvgIpc) is 3.58. The Balaban J connectivity index is 1.31. The van der Waals surface area contributed by atoms with E-state index in [2.05, 4.69) is 0 Å². The maximum atomic E-state index is 14.4. The first kappa shape index (κ1) is 24.5. The molecule has 0 bridgehead atoms. The summed E-state index contributed by atoms with van der Waals surface area (Å²) in [7, 11) is 0. The molecule has 0 aliphatic carbocycles. The molecular weight excluding hydrogens is 480 g/mol. The number of carboxylic acids is 1. The summed E-state index contributed by atoms with van der Waals surface area (Å²) < 4.78 is 40.2. The number of carboxylic acid groups (broad SMARTS) is 1. The highest BCUT2D eigenvalue weighted by molar-refractivity contribution is 5.97. The maximum Gasteiger partial charge on any atom is 0.326 e. The third-order valence-electron chi connectivity index (χ3n) is 6.74. The van der Waals surface area contributed by atoms with Gasteiger partial charge in [-0.2, -0.15) is 0 Å². The normalized spacial score (nSPS) is 15.3. The molecule has 1 fully saturated rings. The molecular formula is C29H25F2NO5. The molecule has 1 saturated heterocycles. The molecule has 0 spiro atoms. The molecule has 3 aromatic carbocycles. The van der Waals surface area contributed by atoms with Crippen LogP contribution in [0.5, 0.6) is 5.75 Å². The number of carbonyl (C=O) groups excluding carboxylic acids is 1. The number of fused-ring (bicyclic) bond motifs is 1. The lowest BCUT2D eigenvalue weighted by Gasteiger charge is -2.21. The topological polar surface area (TPSA) is 80.0 Å². The molecule has 0 saturated carbocycles. The van der Waals surface area contributed by atoms with Gasteiger partial charge in [0.2, 0.25) is 0 Å². The summed E-state index contributed by atoms with van der Waals surface area (Å²) in [5.41, 5.74) is 3.18. The van der Waals surface area contributed by atoms with Gasteiger partial charge in [0, 0.05) is 23.2 Å². The number of benzene rings is 3. The van der Waals surface area contributed by atoms with E-state index in [0.717, 1.165) is 11.6 Å². The number of hydrogen-bond donors (Lipinski definition) is 1.